The minimum absolute atomic E-state index is 0.0789. The summed E-state index contributed by atoms with van der Waals surface area (Å²) in [5, 5.41) is 2.85. The first-order valence-corrected chi connectivity index (χ1v) is 11.4. The summed E-state index contributed by atoms with van der Waals surface area (Å²) in [7, 11) is -2.34. The zero-order chi connectivity index (χ0) is 17.5. The summed E-state index contributed by atoms with van der Waals surface area (Å²) in [6.07, 6.45) is 6.00. The highest BCUT2D eigenvalue weighted by atomic mass is 28.4. The topological polar surface area (TPSA) is 9.23 Å². The van der Waals surface area contributed by atoms with E-state index in [4.69, 9.17) is 4.43 Å². The smallest absolute Gasteiger partial charge is 0.261 e. The number of rotatable bonds is 5. The molecule has 2 aromatic rings. The molecule has 2 aliphatic rings. The first kappa shape index (κ1) is 16.8. The Kier molecular flexibility index (Phi) is 4.21. The van der Waals surface area contributed by atoms with Crippen LogP contribution in [0, 0.1) is 17.8 Å². The van der Waals surface area contributed by atoms with E-state index >= 15 is 0 Å². The number of hydrogen-bond donors (Lipinski definition) is 0. The third-order valence-corrected chi connectivity index (χ3v) is 11.1. The molecule has 1 nitrogen and oxygen atoms in total. The predicted octanol–water partition coefficient (Wildman–Crippen LogP) is 4.39. The Bertz CT molecular complexity index is 705. The van der Waals surface area contributed by atoms with E-state index in [0.29, 0.717) is 0 Å². The normalized spacial score (nSPS) is 25.0. The van der Waals surface area contributed by atoms with E-state index in [2.05, 4.69) is 93.6 Å². The van der Waals surface area contributed by atoms with E-state index in [-0.39, 0.29) is 5.04 Å². The van der Waals surface area contributed by atoms with Crippen LogP contribution in [0.3, 0.4) is 0 Å². The van der Waals surface area contributed by atoms with Crippen molar-refractivity contribution < 1.29 is 4.43 Å². The summed E-state index contributed by atoms with van der Waals surface area (Å²) in [6, 6.07) is 21.9. The van der Waals surface area contributed by atoms with Gasteiger partial charge in [0.05, 0.1) is 0 Å². The standard InChI is InChI=1S/C23H28OSi/c1-23(2,3)25(18-11-6-4-7-12-18,19-13-8-5-9-14-19)24-17-22-20-15-10-16-21(20)22/h4-15,20-22H,16-17H2,1-3H3/t20-,21+,22-/m0/s1. The van der Waals surface area contributed by atoms with Gasteiger partial charge >= 0.3 is 0 Å². The van der Waals surface area contributed by atoms with Gasteiger partial charge in [-0.1, -0.05) is 93.6 Å². The van der Waals surface area contributed by atoms with Crippen LogP contribution in [0.15, 0.2) is 72.8 Å². The molecule has 0 aliphatic heterocycles. The second kappa shape index (κ2) is 6.26. The molecule has 0 amide bonds. The van der Waals surface area contributed by atoms with Crippen LogP contribution in [-0.4, -0.2) is 14.9 Å². The van der Waals surface area contributed by atoms with Crippen LogP contribution in [0.2, 0.25) is 5.04 Å². The molecule has 130 valence electrons. The highest BCUT2D eigenvalue weighted by Crippen LogP contribution is 2.54. The summed E-state index contributed by atoms with van der Waals surface area (Å²) in [5.41, 5.74) is 0. The van der Waals surface area contributed by atoms with E-state index in [9.17, 15) is 0 Å². The van der Waals surface area contributed by atoms with Crippen molar-refractivity contribution >= 4 is 18.7 Å². The molecular weight excluding hydrogens is 320 g/mol. The Hall–Kier alpha value is -1.64. The Morgan fingerprint density at radius 1 is 0.920 bits per heavy atom. The third-order valence-electron chi connectivity index (χ3n) is 6.07. The summed E-state index contributed by atoms with van der Waals surface area (Å²) >= 11 is 0. The summed E-state index contributed by atoms with van der Waals surface area (Å²) in [4.78, 5) is 0. The highest BCUT2D eigenvalue weighted by molar-refractivity contribution is 6.99. The lowest BCUT2D eigenvalue weighted by molar-refractivity contribution is 0.270. The molecule has 2 aromatic carbocycles. The van der Waals surface area contributed by atoms with Crippen LogP contribution in [0.4, 0.5) is 0 Å². The van der Waals surface area contributed by atoms with Crippen molar-refractivity contribution in [1.82, 2.24) is 0 Å². The summed E-state index contributed by atoms with van der Waals surface area (Å²) < 4.78 is 7.03. The molecule has 1 fully saturated rings. The Balaban J connectivity index is 1.74. The fourth-order valence-electron chi connectivity index (χ4n) is 4.70. The molecule has 2 heteroatoms. The second-order valence-corrected chi connectivity index (χ2v) is 12.8. The van der Waals surface area contributed by atoms with Crippen LogP contribution in [0.1, 0.15) is 27.2 Å². The van der Waals surface area contributed by atoms with E-state index in [1.165, 1.54) is 16.8 Å². The molecule has 0 N–H and O–H groups in total. The Morgan fingerprint density at radius 2 is 1.48 bits per heavy atom. The van der Waals surface area contributed by atoms with Gasteiger partial charge in [-0.05, 0) is 39.6 Å². The zero-order valence-corrected chi connectivity index (χ0v) is 16.5. The fourth-order valence-corrected chi connectivity index (χ4v) is 9.30. The Labute approximate surface area is 152 Å². The van der Waals surface area contributed by atoms with Gasteiger partial charge in [-0.15, -0.1) is 0 Å². The number of fused-ring (bicyclic) bond motifs is 1. The van der Waals surface area contributed by atoms with Crippen molar-refractivity contribution in [1.29, 1.82) is 0 Å². The molecule has 2 aliphatic carbocycles. The minimum atomic E-state index is -2.34. The maximum Gasteiger partial charge on any atom is 0.261 e. The van der Waals surface area contributed by atoms with Crippen LogP contribution < -0.4 is 10.4 Å². The van der Waals surface area contributed by atoms with Gasteiger partial charge in [0.15, 0.2) is 0 Å². The molecule has 0 aromatic heterocycles. The molecule has 0 radical (unpaired) electrons. The molecule has 3 atom stereocenters. The summed E-state index contributed by atoms with van der Waals surface area (Å²) in [5.74, 6) is 2.35. The van der Waals surface area contributed by atoms with Crippen LogP contribution in [0.5, 0.6) is 0 Å². The van der Waals surface area contributed by atoms with Crippen molar-refractivity contribution in [2.45, 2.75) is 32.2 Å². The fraction of sp³-hybridized carbons (Fsp3) is 0.391. The zero-order valence-electron chi connectivity index (χ0n) is 15.5. The first-order chi connectivity index (χ1) is 12.0. The van der Waals surface area contributed by atoms with Crippen molar-refractivity contribution in [3.63, 3.8) is 0 Å². The lowest BCUT2D eigenvalue weighted by atomic mass is 10.2. The molecule has 25 heavy (non-hydrogen) atoms. The van der Waals surface area contributed by atoms with Crippen LogP contribution >= 0.6 is 0 Å². The SMILES string of the molecule is CC(C)(C)[Si](OC[C@H]1[C@H]2C=CC[C@H]21)(c1ccccc1)c1ccccc1. The van der Waals surface area contributed by atoms with Gasteiger partial charge in [-0.2, -0.15) is 0 Å². The molecule has 0 heterocycles. The summed E-state index contributed by atoms with van der Waals surface area (Å²) in [6.45, 7) is 7.96. The van der Waals surface area contributed by atoms with Gasteiger partial charge in [-0.25, -0.2) is 0 Å². The van der Waals surface area contributed by atoms with Crippen molar-refractivity contribution in [2.75, 3.05) is 6.61 Å². The highest BCUT2D eigenvalue weighted by Gasteiger charge is 2.54. The van der Waals surface area contributed by atoms with E-state index < -0.39 is 8.32 Å². The van der Waals surface area contributed by atoms with E-state index in [0.717, 1.165) is 24.4 Å². The van der Waals surface area contributed by atoms with Crippen molar-refractivity contribution in [3.05, 3.63) is 72.8 Å². The van der Waals surface area contributed by atoms with Gasteiger partial charge in [-0.3, -0.25) is 0 Å². The lowest BCUT2D eigenvalue weighted by Crippen LogP contribution is -2.66. The Morgan fingerprint density at radius 3 is 1.92 bits per heavy atom. The average molecular weight is 349 g/mol. The minimum Gasteiger partial charge on any atom is -0.407 e. The molecule has 0 unspecified atom stereocenters. The molecule has 1 saturated carbocycles. The van der Waals surface area contributed by atoms with Gasteiger partial charge in [0, 0.05) is 6.61 Å². The molecule has 0 bridgehead atoms. The van der Waals surface area contributed by atoms with Crippen molar-refractivity contribution in [2.24, 2.45) is 17.8 Å². The van der Waals surface area contributed by atoms with Gasteiger partial charge < -0.3 is 4.43 Å². The molecule has 0 spiro atoms. The maximum absolute atomic E-state index is 7.03. The number of allylic oxidation sites excluding steroid dienone is 2. The maximum atomic E-state index is 7.03. The monoisotopic (exact) mass is 348 g/mol. The molecule has 0 saturated heterocycles. The van der Waals surface area contributed by atoms with Gasteiger partial charge in [0.2, 0.25) is 0 Å². The third kappa shape index (κ3) is 2.82. The number of benzene rings is 2. The van der Waals surface area contributed by atoms with Gasteiger partial charge in [0.1, 0.15) is 0 Å². The van der Waals surface area contributed by atoms with E-state index in [1.807, 2.05) is 0 Å². The largest absolute Gasteiger partial charge is 0.407 e. The van der Waals surface area contributed by atoms with Crippen LogP contribution in [-0.2, 0) is 4.43 Å². The quantitative estimate of drug-likeness (QED) is 0.575. The van der Waals surface area contributed by atoms with Crippen LogP contribution in [0.25, 0.3) is 0 Å². The molecule has 4 rings (SSSR count). The lowest BCUT2D eigenvalue weighted by Gasteiger charge is -2.43. The average Bonchev–Trinajstić information content (AvgIpc) is 3.04. The first-order valence-electron chi connectivity index (χ1n) is 9.46. The van der Waals surface area contributed by atoms with Crippen molar-refractivity contribution in [3.8, 4) is 0 Å². The predicted molar refractivity (Wildman–Crippen MR) is 108 cm³/mol. The number of hydrogen-bond acceptors (Lipinski definition) is 1. The van der Waals surface area contributed by atoms with E-state index in [1.54, 1.807) is 0 Å². The second-order valence-electron chi connectivity index (χ2n) is 8.54. The van der Waals surface area contributed by atoms with Gasteiger partial charge in [0.25, 0.3) is 8.32 Å². The molecular formula is C23H28OSi.